The van der Waals surface area contributed by atoms with Gasteiger partial charge in [0.15, 0.2) is 0 Å². The van der Waals surface area contributed by atoms with Gasteiger partial charge in [-0.05, 0) is 40.9 Å². The van der Waals surface area contributed by atoms with Gasteiger partial charge in [0.1, 0.15) is 16.1 Å². The van der Waals surface area contributed by atoms with Crippen molar-refractivity contribution in [3.63, 3.8) is 0 Å². The van der Waals surface area contributed by atoms with Gasteiger partial charge in [0.2, 0.25) is 5.88 Å². The van der Waals surface area contributed by atoms with Crippen LogP contribution < -0.4 is 9.47 Å². The minimum absolute atomic E-state index is 0.189. The fourth-order valence-electron chi connectivity index (χ4n) is 2.54. The normalized spacial score (nSPS) is 17.9. The molecule has 1 aliphatic heterocycles. The average molecular weight is 319 g/mol. The molecule has 2 aromatic rings. The Balaban J connectivity index is 1.73. The van der Waals surface area contributed by atoms with E-state index in [0.29, 0.717) is 10.5 Å². The van der Waals surface area contributed by atoms with Crippen molar-refractivity contribution in [2.75, 3.05) is 6.61 Å². The standard InChI is InChI=1S/C14H11BrN2O2/c15-11-6-17-12(7-16-11)19-10-3-1-2-9-13(10)14(4-5-14)8-18-9/h1-3,6-7H,4-5,8H2. The van der Waals surface area contributed by atoms with Crippen LogP contribution in [-0.4, -0.2) is 16.6 Å². The highest BCUT2D eigenvalue weighted by atomic mass is 79.9. The maximum atomic E-state index is 5.88. The van der Waals surface area contributed by atoms with E-state index in [-0.39, 0.29) is 5.41 Å². The summed E-state index contributed by atoms with van der Waals surface area (Å²) in [6.45, 7) is 0.773. The van der Waals surface area contributed by atoms with Crippen LogP contribution in [0.15, 0.2) is 35.2 Å². The first kappa shape index (κ1) is 11.2. The minimum atomic E-state index is 0.189. The minimum Gasteiger partial charge on any atom is -0.492 e. The van der Waals surface area contributed by atoms with E-state index in [2.05, 4.69) is 25.9 Å². The number of ether oxygens (including phenoxy) is 2. The molecule has 1 aromatic heterocycles. The summed E-state index contributed by atoms with van der Waals surface area (Å²) in [6, 6.07) is 5.92. The van der Waals surface area contributed by atoms with Gasteiger partial charge < -0.3 is 9.47 Å². The lowest BCUT2D eigenvalue weighted by molar-refractivity contribution is 0.323. The molecule has 0 N–H and O–H groups in total. The van der Waals surface area contributed by atoms with E-state index in [1.54, 1.807) is 12.4 Å². The molecule has 0 unspecified atom stereocenters. The van der Waals surface area contributed by atoms with Crippen LogP contribution in [0.5, 0.6) is 17.4 Å². The molecule has 1 aromatic carbocycles. The zero-order chi connectivity index (χ0) is 12.9. The lowest BCUT2D eigenvalue weighted by Crippen LogP contribution is -2.08. The molecule has 2 heterocycles. The molecule has 19 heavy (non-hydrogen) atoms. The van der Waals surface area contributed by atoms with E-state index in [1.165, 1.54) is 18.4 Å². The summed E-state index contributed by atoms with van der Waals surface area (Å²) in [4.78, 5) is 8.31. The first-order valence-electron chi connectivity index (χ1n) is 6.19. The van der Waals surface area contributed by atoms with Crippen molar-refractivity contribution in [1.29, 1.82) is 0 Å². The number of halogens is 1. The van der Waals surface area contributed by atoms with Gasteiger partial charge in [-0.3, -0.25) is 0 Å². The SMILES string of the molecule is Brc1cnc(Oc2cccc3c2C2(CC2)CO3)cn1. The van der Waals surface area contributed by atoms with E-state index in [1.807, 2.05) is 18.2 Å². The molecular formula is C14H11BrN2O2. The van der Waals surface area contributed by atoms with Gasteiger partial charge >= 0.3 is 0 Å². The Morgan fingerprint density at radius 1 is 1.21 bits per heavy atom. The highest BCUT2D eigenvalue weighted by Gasteiger charge is 2.52. The molecule has 1 aliphatic carbocycles. The fraction of sp³-hybridized carbons (Fsp3) is 0.286. The zero-order valence-corrected chi connectivity index (χ0v) is 11.7. The predicted molar refractivity (Wildman–Crippen MR) is 72.7 cm³/mol. The summed E-state index contributed by atoms with van der Waals surface area (Å²) >= 11 is 3.26. The summed E-state index contributed by atoms with van der Waals surface area (Å²) in [7, 11) is 0. The Morgan fingerprint density at radius 3 is 2.84 bits per heavy atom. The highest BCUT2D eigenvalue weighted by molar-refractivity contribution is 9.10. The van der Waals surface area contributed by atoms with Crippen LogP contribution in [0.4, 0.5) is 0 Å². The van der Waals surface area contributed by atoms with Gasteiger partial charge in [-0.1, -0.05) is 6.07 Å². The third-order valence-corrected chi connectivity index (χ3v) is 4.10. The van der Waals surface area contributed by atoms with Crippen LogP contribution in [0.25, 0.3) is 0 Å². The predicted octanol–water partition coefficient (Wildman–Crippen LogP) is 3.46. The molecule has 1 spiro atoms. The van der Waals surface area contributed by atoms with Crippen LogP contribution in [0.3, 0.4) is 0 Å². The second-order valence-corrected chi connectivity index (χ2v) is 5.79. The summed E-state index contributed by atoms with van der Waals surface area (Å²) in [6.07, 6.45) is 5.58. The van der Waals surface area contributed by atoms with Crippen LogP contribution >= 0.6 is 15.9 Å². The molecule has 4 nitrogen and oxygen atoms in total. The smallest absolute Gasteiger partial charge is 0.237 e. The first-order chi connectivity index (χ1) is 9.27. The maximum Gasteiger partial charge on any atom is 0.237 e. The van der Waals surface area contributed by atoms with E-state index < -0.39 is 0 Å². The third kappa shape index (κ3) is 1.80. The highest BCUT2D eigenvalue weighted by Crippen LogP contribution is 2.58. The molecule has 2 aliphatic rings. The molecule has 0 radical (unpaired) electrons. The van der Waals surface area contributed by atoms with Gasteiger partial charge in [0, 0.05) is 11.0 Å². The molecule has 5 heteroatoms. The number of hydrogen-bond donors (Lipinski definition) is 0. The van der Waals surface area contributed by atoms with E-state index in [0.717, 1.165) is 18.1 Å². The number of fused-ring (bicyclic) bond motifs is 2. The van der Waals surface area contributed by atoms with E-state index >= 15 is 0 Å². The Kier molecular flexibility index (Phi) is 2.33. The summed E-state index contributed by atoms with van der Waals surface area (Å²) in [5, 5.41) is 0. The quantitative estimate of drug-likeness (QED) is 0.850. The number of benzene rings is 1. The fourth-order valence-corrected chi connectivity index (χ4v) is 2.74. The van der Waals surface area contributed by atoms with Crippen LogP contribution in [0.2, 0.25) is 0 Å². The molecule has 4 rings (SSSR count). The molecular weight excluding hydrogens is 308 g/mol. The molecule has 0 amide bonds. The number of nitrogens with zero attached hydrogens (tertiary/aromatic N) is 2. The van der Waals surface area contributed by atoms with Crippen molar-refractivity contribution in [3.05, 3.63) is 40.8 Å². The molecule has 0 bridgehead atoms. The monoisotopic (exact) mass is 318 g/mol. The molecule has 1 saturated carbocycles. The third-order valence-electron chi connectivity index (χ3n) is 3.69. The number of rotatable bonds is 2. The van der Waals surface area contributed by atoms with Crippen LogP contribution in [0, 0.1) is 0 Å². The first-order valence-corrected chi connectivity index (χ1v) is 6.98. The van der Waals surface area contributed by atoms with Gasteiger partial charge in [0.25, 0.3) is 0 Å². The van der Waals surface area contributed by atoms with E-state index in [9.17, 15) is 0 Å². The largest absolute Gasteiger partial charge is 0.492 e. The Hall–Kier alpha value is -1.62. The lowest BCUT2D eigenvalue weighted by Gasteiger charge is -2.11. The van der Waals surface area contributed by atoms with Crippen LogP contribution in [0.1, 0.15) is 18.4 Å². The molecule has 0 saturated heterocycles. The molecule has 96 valence electrons. The van der Waals surface area contributed by atoms with Crippen molar-refractivity contribution in [1.82, 2.24) is 9.97 Å². The van der Waals surface area contributed by atoms with Gasteiger partial charge in [-0.2, -0.15) is 0 Å². The molecule has 1 fully saturated rings. The van der Waals surface area contributed by atoms with Crippen molar-refractivity contribution < 1.29 is 9.47 Å². The number of hydrogen-bond acceptors (Lipinski definition) is 4. The second-order valence-electron chi connectivity index (χ2n) is 4.98. The zero-order valence-electron chi connectivity index (χ0n) is 10.1. The van der Waals surface area contributed by atoms with Gasteiger partial charge in [-0.25, -0.2) is 9.97 Å². The number of aromatic nitrogens is 2. The topological polar surface area (TPSA) is 44.2 Å². The van der Waals surface area contributed by atoms with Crippen molar-refractivity contribution in [3.8, 4) is 17.4 Å². The van der Waals surface area contributed by atoms with Crippen LogP contribution in [-0.2, 0) is 5.41 Å². The Morgan fingerprint density at radius 2 is 2.11 bits per heavy atom. The van der Waals surface area contributed by atoms with Crippen molar-refractivity contribution in [2.24, 2.45) is 0 Å². The van der Waals surface area contributed by atoms with Crippen molar-refractivity contribution in [2.45, 2.75) is 18.3 Å². The van der Waals surface area contributed by atoms with Crippen molar-refractivity contribution >= 4 is 15.9 Å². The van der Waals surface area contributed by atoms with E-state index in [4.69, 9.17) is 9.47 Å². The summed E-state index contributed by atoms with van der Waals surface area (Å²) < 4.78 is 12.3. The maximum absolute atomic E-state index is 5.88. The van der Waals surface area contributed by atoms with Gasteiger partial charge in [0.05, 0.1) is 19.0 Å². The Bertz CT molecular complexity index is 638. The Labute approximate surface area is 118 Å². The lowest BCUT2D eigenvalue weighted by atomic mass is 9.97. The molecule has 0 atom stereocenters. The average Bonchev–Trinajstić information content (AvgIpc) is 3.10. The second kappa shape index (κ2) is 3.93. The van der Waals surface area contributed by atoms with Gasteiger partial charge in [-0.15, -0.1) is 0 Å². The summed E-state index contributed by atoms with van der Waals surface area (Å²) in [5.74, 6) is 2.28. The summed E-state index contributed by atoms with van der Waals surface area (Å²) in [5.41, 5.74) is 1.38.